The Hall–Kier alpha value is -1.78. The van der Waals surface area contributed by atoms with Crippen LogP contribution in [0.5, 0.6) is 11.5 Å². The Labute approximate surface area is 122 Å². The summed E-state index contributed by atoms with van der Waals surface area (Å²) >= 11 is 5.97. The maximum absolute atomic E-state index is 14.1. The number of halogens is 2. The third-order valence-corrected chi connectivity index (χ3v) is 3.30. The molecule has 0 aliphatic carbocycles. The van der Waals surface area contributed by atoms with Crippen LogP contribution in [0.15, 0.2) is 36.4 Å². The Bertz CT molecular complexity index is 619. The normalized spacial score (nSPS) is 12.1. The van der Waals surface area contributed by atoms with Crippen LogP contribution in [-0.4, -0.2) is 14.2 Å². The maximum atomic E-state index is 14.1. The zero-order chi connectivity index (χ0) is 14.7. The Kier molecular flexibility index (Phi) is 4.47. The molecule has 5 heteroatoms. The van der Waals surface area contributed by atoms with Crippen molar-refractivity contribution in [1.29, 1.82) is 0 Å². The molecule has 1 atom stereocenters. The van der Waals surface area contributed by atoms with Crippen molar-refractivity contribution < 1.29 is 13.9 Å². The molecule has 2 N–H and O–H groups in total. The summed E-state index contributed by atoms with van der Waals surface area (Å²) < 4.78 is 24.3. The van der Waals surface area contributed by atoms with Crippen molar-refractivity contribution in [2.24, 2.45) is 5.73 Å². The van der Waals surface area contributed by atoms with Crippen molar-refractivity contribution in [2.45, 2.75) is 6.04 Å². The smallest absolute Gasteiger partial charge is 0.132 e. The molecule has 0 saturated heterocycles. The molecule has 0 fully saturated rings. The van der Waals surface area contributed by atoms with Gasteiger partial charge in [-0.25, -0.2) is 4.39 Å². The molecule has 1 unspecified atom stereocenters. The minimum atomic E-state index is -0.672. The summed E-state index contributed by atoms with van der Waals surface area (Å²) in [7, 11) is 3.01. The first-order valence-corrected chi connectivity index (χ1v) is 6.37. The fourth-order valence-corrected chi connectivity index (χ4v) is 2.18. The first-order valence-electron chi connectivity index (χ1n) is 5.99. The molecule has 2 rings (SSSR count). The number of benzene rings is 2. The second-order valence-corrected chi connectivity index (χ2v) is 4.69. The van der Waals surface area contributed by atoms with Crippen LogP contribution in [0, 0.1) is 5.82 Å². The summed E-state index contributed by atoms with van der Waals surface area (Å²) in [5.41, 5.74) is 7.12. The average Bonchev–Trinajstić information content (AvgIpc) is 2.46. The molecule has 20 heavy (non-hydrogen) atoms. The van der Waals surface area contributed by atoms with Gasteiger partial charge in [0.25, 0.3) is 0 Å². The van der Waals surface area contributed by atoms with Gasteiger partial charge in [0.05, 0.1) is 20.3 Å². The highest BCUT2D eigenvalue weighted by Crippen LogP contribution is 2.32. The number of nitrogens with two attached hydrogens (primary N) is 1. The molecule has 0 aliphatic rings. The van der Waals surface area contributed by atoms with Gasteiger partial charge in [0.15, 0.2) is 0 Å². The Balaban J connectivity index is 2.45. The molecular formula is C15H15ClFNO2. The van der Waals surface area contributed by atoms with Crippen LogP contribution in [0.25, 0.3) is 0 Å². The molecule has 0 aromatic heterocycles. The highest BCUT2D eigenvalue weighted by molar-refractivity contribution is 6.30. The lowest BCUT2D eigenvalue weighted by Crippen LogP contribution is -2.14. The van der Waals surface area contributed by atoms with Crippen molar-refractivity contribution >= 4 is 11.6 Å². The van der Waals surface area contributed by atoms with Gasteiger partial charge in [-0.3, -0.25) is 0 Å². The highest BCUT2D eigenvalue weighted by atomic mass is 35.5. The summed E-state index contributed by atoms with van der Waals surface area (Å²) in [5.74, 6) is 0.576. The highest BCUT2D eigenvalue weighted by Gasteiger charge is 2.18. The molecule has 2 aromatic carbocycles. The molecule has 3 nitrogen and oxygen atoms in total. The van der Waals surface area contributed by atoms with Gasteiger partial charge < -0.3 is 15.2 Å². The third-order valence-electron chi connectivity index (χ3n) is 3.07. The molecule has 2 aromatic rings. The lowest BCUT2D eigenvalue weighted by Gasteiger charge is -2.17. The third kappa shape index (κ3) is 2.86. The first-order chi connectivity index (χ1) is 9.56. The van der Waals surface area contributed by atoms with Crippen LogP contribution in [0.2, 0.25) is 5.02 Å². The predicted molar refractivity (Wildman–Crippen MR) is 77.0 cm³/mol. The molecule has 0 heterocycles. The average molecular weight is 296 g/mol. The van der Waals surface area contributed by atoms with E-state index in [9.17, 15) is 4.39 Å². The molecule has 0 amide bonds. The summed E-state index contributed by atoms with van der Waals surface area (Å²) in [4.78, 5) is 0. The molecule has 0 spiro atoms. The maximum Gasteiger partial charge on any atom is 0.132 e. The fourth-order valence-electron chi connectivity index (χ4n) is 2.00. The van der Waals surface area contributed by atoms with Crippen molar-refractivity contribution in [1.82, 2.24) is 0 Å². The van der Waals surface area contributed by atoms with Crippen LogP contribution in [0.1, 0.15) is 17.2 Å². The minimum Gasteiger partial charge on any atom is -0.497 e. The lowest BCUT2D eigenvalue weighted by molar-refractivity contribution is 0.406. The largest absolute Gasteiger partial charge is 0.497 e. The van der Waals surface area contributed by atoms with E-state index in [2.05, 4.69) is 0 Å². The van der Waals surface area contributed by atoms with Crippen LogP contribution >= 0.6 is 11.6 Å². The molecule has 0 aliphatic heterocycles. The first kappa shape index (κ1) is 14.6. The number of methoxy groups -OCH3 is 2. The Morgan fingerprint density at radius 3 is 2.40 bits per heavy atom. The standard InChI is InChI=1S/C15H15ClFNO2/c1-19-10-4-5-11(13(17)8-10)15(18)12-7-9(16)3-6-14(12)20-2/h3-8,15H,18H2,1-2H3. The van der Waals surface area contributed by atoms with E-state index in [-0.39, 0.29) is 0 Å². The van der Waals surface area contributed by atoms with Gasteiger partial charge in [0.2, 0.25) is 0 Å². The monoisotopic (exact) mass is 295 g/mol. The van der Waals surface area contributed by atoms with Crippen molar-refractivity contribution in [3.05, 3.63) is 58.4 Å². The minimum absolute atomic E-state index is 0.353. The quantitative estimate of drug-likeness (QED) is 0.938. The zero-order valence-electron chi connectivity index (χ0n) is 11.2. The van der Waals surface area contributed by atoms with Crippen molar-refractivity contribution in [2.75, 3.05) is 14.2 Å². The molecule has 0 saturated carbocycles. The summed E-state index contributed by atoms with van der Waals surface area (Å²) in [5, 5.41) is 0.519. The van der Waals surface area contributed by atoms with Crippen molar-refractivity contribution in [3.63, 3.8) is 0 Å². The second kappa shape index (κ2) is 6.11. The van der Waals surface area contributed by atoms with E-state index >= 15 is 0 Å². The van der Waals surface area contributed by atoms with Crippen LogP contribution in [0.3, 0.4) is 0 Å². The fraction of sp³-hybridized carbons (Fsp3) is 0.200. The van der Waals surface area contributed by atoms with E-state index in [1.54, 1.807) is 30.3 Å². The van der Waals surface area contributed by atoms with Gasteiger partial charge in [0.1, 0.15) is 17.3 Å². The van der Waals surface area contributed by atoms with E-state index in [0.717, 1.165) is 0 Å². The Morgan fingerprint density at radius 2 is 1.80 bits per heavy atom. The van der Waals surface area contributed by atoms with E-state index in [0.29, 0.717) is 27.6 Å². The zero-order valence-corrected chi connectivity index (χ0v) is 11.9. The van der Waals surface area contributed by atoms with Gasteiger partial charge in [0, 0.05) is 22.2 Å². The summed E-state index contributed by atoms with van der Waals surface area (Å²) in [6.07, 6.45) is 0. The number of ether oxygens (including phenoxy) is 2. The number of rotatable bonds is 4. The Morgan fingerprint density at radius 1 is 1.05 bits per heavy atom. The van der Waals surface area contributed by atoms with Crippen molar-refractivity contribution in [3.8, 4) is 11.5 Å². The lowest BCUT2D eigenvalue weighted by atomic mass is 9.98. The SMILES string of the molecule is COc1ccc(C(N)c2cc(Cl)ccc2OC)c(F)c1. The molecule has 0 bridgehead atoms. The summed E-state index contributed by atoms with van der Waals surface area (Å²) in [6, 6.07) is 8.96. The predicted octanol–water partition coefficient (Wildman–Crippen LogP) is 3.54. The molecule has 0 radical (unpaired) electrons. The van der Waals surface area contributed by atoms with Crippen LogP contribution in [-0.2, 0) is 0 Å². The van der Waals surface area contributed by atoms with Gasteiger partial charge in [-0.15, -0.1) is 0 Å². The van der Waals surface area contributed by atoms with E-state index < -0.39 is 11.9 Å². The number of hydrogen-bond acceptors (Lipinski definition) is 3. The molecule has 106 valence electrons. The van der Waals surface area contributed by atoms with E-state index in [1.807, 2.05) is 0 Å². The second-order valence-electron chi connectivity index (χ2n) is 4.25. The van der Waals surface area contributed by atoms with Crippen LogP contribution < -0.4 is 15.2 Å². The topological polar surface area (TPSA) is 44.5 Å². The van der Waals surface area contributed by atoms with Gasteiger partial charge in [-0.1, -0.05) is 17.7 Å². The van der Waals surface area contributed by atoms with E-state index in [4.69, 9.17) is 26.8 Å². The molecular weight excluding hydrogens is 281 g/mol. The van der Waals surface area contributed by atoms with Gasteiger partial charge in [-0.05, 0) is 24.3 Å². The summed E-state index contributed by atoms with van der Waals surface area (Å²) in [6.45, 7) is 0. The number of hydrogen-bond donors (Lipinski definition) is 1. The van der Waals surface area contributed by atoms with Gasteiger partial charge >= 0.3 is 0 Å². The van der Waals surface area contributed by atoms with Crippen LogP contribution in [0.4, 0.5) is 4.39 Å². The van der Waals surface area contributed by atoms with E-state index in [1.165, 1.54) is 20.3 Å². The van der Waals surface area contributed by atoms with Gasteiger partial charge in [-0.2, -0.15) is 0 Å².